The third-order valence-corrected chi connectivity index (χ3v) is 6.26. The molecule has 3 aromatic rings. The van der Waals surface area contributed by atoms with Crippen molar-refractivity contribution in [2.75, 3.05) is 39.3 Å². The van der Waals surface area contributed by atoms with Gasteiger partial charge in [0.2, 0.25) is 0 Å². The van der Waals surface area contributed by atoms with Crippen LogP contribution in [0.25, 0.3) is 11.2 Å². The SMILES string of the molecule is CCOC(=O)N1CCN(CC(Cn2cnc3c2c(=O)n(C)c(=O)n3C)OC(=O)c2ccccc2)CC1. The third-order valence-electron chi connectivity index (χ3n) is 6.26. The number of carbonyl (C=O) groups excluding carboxylic acids is 2. The Balaban J connectivity index is 1.56. The Kier molecular flexibility index (Phi) is 7.53. The monoisotopic (exact) mass is 498 g/mol. The van der Waals surface area contributed by atoms with Gasteiger partial charge in [-0.05, 0) is 19.1 Å². The van der Waals surface area contributed by atoms with Gasteiger partial charge < -0.3 is 18.9 Å². The van der Waals surface area contributed by atoms with E-state index in [1.165, 1.54) is 17.9 Å². The maximum Gasteiger partial charge on any atom is 0.409 e. The van der Waals surface area contributed by atoms with Crippen molar-refractivity contribution in [3.8, 4) is 0 Å². The molecule has 0 bridgehead atoms. The lowest BCUT2D eigenvalue weighted by molar-refractivity contribution is 0.00949. The van der Waals surface area contributed by atoms with Gasteiger partial charge in [0.15, 0.2) is 11.2 Å². The summed E-state index contributed by atoms with van der Waals surface area (Å²) < 4.78 is 14.9. The van der Waals surface area contributed by atoms with Gasteiger partial charge in [-0.15, -0.1) is 0 Å². The first kappa shape index (κ1) is 25.2. The van der Waals surface area contributed by atoms with E-state index in [0.717, 1.165) is 4.57 Å². The van der Waals surface area contributed by atoms with Crippen molar-refractivity contribution in [1.29, 1.82) is 0 Å². The van der Waals surface area contributed by atoms with Crippen molar-refractivity contribution in [2.24, 2.45) is 14.1 Å². The van der Waals surface area contributed by atoms with Crippen LogP contribution in [-0.4, -0.2) is 86.0 Å². The zero-order chi connectivity index (χ0) is 25.8. The van der Waals surface area contributed by atoms with Gasteiger partial charge in [-0.1, -0.05) is 18.2 Å². The minimum Gasteiger partial charge on any atom is -0.456 e. The molecule has 1 amide bonds. The molecule has 2 aromatic heterocycles. The number of aromatic nitrogens is 4. The number of rotatable bonds is 7. The summed E-state index contributed by atoms with van der Waals surface area (Å²) in [4.78, 5) is 58.1. The molecule has 1 aliphatic heterocycles. The largest absolute Gasteiger partial charge is 0.456 e. The first-order valence-corrected chi connectivity index (χ1v) is 11.8. The molecule has 1 saturated heterocycles. The molecule has 1 unspecified atom stereocenters. The van der Waals surface area contributed by atoms with Crippen LogP contribution in [0.15, 0.2) is 46.2 Å². The van der Waals surface area contributed by atoms with Gasteiger partial charge >= 0.3 is 17.8 Å². The standard InChI is InChI=1S/C24H30N6O6/c1-4-35-24(34)29-12-10-28(11-13-29)14-18(36-22(32)17-8-6-5-7-9-17)15-30-16-25-20-19(30)21(31)27(3)23(33)26(20)2/h5-9,16,18H,4,10-15H2,1-3H3. The van der Waals surface area contributed by atoms with Crippen molar-refractivity contribution in [3.05, 3.63) is 63.1 Å². The number of imidazole rings is 1. The van der Waals surface area contributed by atoms with E-state index in [-0.39, 0.29) is 23.8 Å². The molecular formula is C24H30N6O6. The van der Waals surface area contributed by atoms with E-state index < -0.39 is 23.3 Å². The lowest BCUT2D eigenvalue weighted by Crippen LogP contribution is -2.51. The number of carbonyl (C=O) groups is 2. The maximum absolute atomic E-state index is 12.9. The summed E-state index contributed by atoms with van der Waals surface area (Å²) >= 11 is 0. The topological polar surface area (TPSA) is 121 Å². The van der Waals surface area contributed by atoms with E-state index in [9.17, 15) is 19.2 Å². The first-order valence-electron chi connectivity index (χ1n) is 11.8. The van der Waals surface area contributed by atoms with E-state index in [1.807, 2.05) is 6.07 Å². The predicted octanol–water partition coefficient (Wildman–Crippen LogP) is 0.433. The second kappa shape index (κ2) is 10.8. The number of esters is 1. The Hall–Kier alpha value is -3.93. The summed E-state index contributed by atoms with van der Waals surface area (Å²) in [6, 6.07) is 8.68. The fourth-order valence-electron chi connectivity index (χ4n) is 4.30. The number of benzene rings is 1. The van der Waals surface area contributed by atoms with Crippen LogP contribution in [0.1, 0.15) is 17.3 Å². The number of aryl methyl sites for hydroxylation is 1. The molecule has 0 radical (unpaired) electrons. The minimum absolute atomic E-state index is 0.167. The Labute approximate surface area is 207 Å². The minimum atomic E-state index is -0.619. The van der Waals surface area contributed by atoms with Gasteiger partial charge in [-0.2, -0.15) is 0 Å². The highest BCUT2D eigenvalue weighted by molar-refractivity contribution is 5.89. The smallest absolute Gasteiger partial charge is 0.409 e. The molecule has 1 fully saturated rings. The fraction of sp³-hybridized carbons (Fsp3) is 0.458. The number of amides is 1. The van der Waals surface area contributed by atoms with Gasteiger partial charge in [0, 0.05) is 46.8 Å². The van der Waals surface area contributed by atoms with Gasteiger partial charge in [-0.25, -0.2) is 19.4 Å². The summed E-state index contributed by atoms with van der Waals surface area (Å²) in [5.41, 5.74) is 0.00118. The van der Waals surface area contributed by atoms with Crippen LogP contribution in [0.2, 0.25) is 0 Å². The zero-order valence-electron chi connectivity index (χ0n) is 20.6. The predicted molar refractivity (Wildman–Crippen MR) is 131 cm³/mol. The van der Waals surface area contributed by atoms with Gasteiger partial charge in [0.25, 0.3) is 5.56 Å². The second-order valence-corrected chi connectivity index (χ2v) is 8.65. The van der Waals surface area contributed by atoms with Crippen LogP contribution < -0.4 is 11.2 Å². The summed E-state index contributed by atoms with van der Waals surface area (Å²) in [5.74, 6) is -0.476. The van der Waals surface area contributed by atoms with Crippen LogP contribution in [0, 0.1) is 0 Å². The summed E-state index contributed by atoms with van der Waals surface area (Å²) in [5, 5.41) is 0. The molecule has 1 atom stereocenters. The van der Waals surface area contributed by atoms with Crippen LogP contribution in [-0.2, 0) is 30.1 Å². The zero-order valence-corrected chi connectivity index (χ0v) is 20.6. The quantitative estimate of drug-likeness (QED) is 0.430. The molecule has 192 valence electrons. The van der Waals surface area contributed by atoms with E-state index in [2.05, 4.69) is 9.88 Å². The van der Waals surface area contributed by atoms with Crippen molar-refractivity contribution in [2.45, 2.75) is 19.6 Å². The molecule has 4 rings (SSSR count). The third kappa shape index (κ3) is 5.18. The summed E-state index contributed by atoms with van der Waals surface area (Å²) in [6.07, 6.45) is 0.523. The van der Waals surface area contributed by atoms with E-state index in [0.29, 0.717) is 44.9 Å². The molecule has 0 aliphatic carbocycles. The first-order chi connectivity index (χ1) is 17.3. The van der Waals surface area contributed by atoms with Crippen molar-refractivity contribution in [3.63, 3.8) is 0 Å². The van der Waals surface area contributed by atoms with Gasteiger partial charge in [0.1, 0.15) is 6.10 Å². The van der Waals surface area contributed by atoms with Crippen LogP contribution in [0.3, 0.4) is 0 Å². The maximum atomic E-state index is 12.9. The fourth-order valence-corrected chi connectivity index (χ4v) is 4.30. The molecular weight excluding hydrogens is 468 g/mol. The lowest BCUT2D eigenvalue weighted by Gasteiger charge is -2.35. The highest BCUT2D eigenvalue weighted by atomic mass is 16.6. The summed E-state index contributed by atoms with van der Waals surface area (Å²) in [6.45, 7) is 4.80. The second-order valence-electron chi connectivity index (χ2n) is 8.65. The van der Waals surface area contributed by atoms with Crippen molar-refractivity contribution in [1.82, 2.24) is 28.5 Å². The van der Waals surface area contributed by atoms with Crippen LogP contribution in [0.4, 0.5) is 4.79 Å². The average Bonchev–Trinajstić information content (AvgIpc) is 3.30. The van der Waals surface area contributed by atoms with Gasteiger partial charge in [0.05, 0.1) is 25.0 Å². The molecule has 12 heteroatoms. The highest BCUT2D eigenvalue weighted by Gasteiger charge is 2.27. The lowest BCUT2D eigenvalue weighted by atomic mass is 10.2. The molecule has 0 N–H and O–H groups in total. The van der Waals surface area contributed by atoms with Crippen LogP contribution >= 0.6 is 0 Å². The Morgan fingerprint density at radius 1 is 1.00 bits per heavy atom. The Morgan fingerprint density at radius 3 is 2.36 bits per heavy atom. The van der Waals surface area contributed by atoms with Crippen molar-refractivity contribution >= 4 is 23.2 Å². The molecule has 0 spiro atoms. The van der Waals surface area contributed by atoms with E-state index in [1.54, 1.807) is 47.7 Å². The molecule has 12 nitrogen and oxygen atoms in total. The average molecular weight is 499 g/mol. The molecule has 1 aromatic carbocycles. The number of hydrogen-bond acceptors (Lipinski definition) is 8. The summed E-state index contributed by atoms with van der Waals surface area (Å²) in [7, 11) is 2.97. The molecule has 0 saturated carbocycles. The number of ether oxygens (including phenoxy) is 2. The number of fused-ring (bicyclic) bond motifs is 1. The van der Waals surface area contributed by atoms with E-state index in [4.69, 9.17) is 9.47 Å². The van der Waals surface area contributed by atoms with Crippen LogP contribution in [0.5, 0.6) is 0 Å². The highest BCUT2D eigenvalue weighted by Crippen LogP contribution is 2.13. The molecule has 1 aliphatic rings. The number of nitrogens with zero attached hydrogens (tertiary/aromatic N) is 6. The van der Waals surface area contributed by atoms with Gasteiger partial charge in [-0.3, -0.25) is 18.8 Å². The van der Waals surface area contributed by atoms with E-state index >= 15 is 0 Å². The normalized spacial score (nSPS) is 15.1. The number of piperazine rings is 1. The molecule has 36 heavy (non-hydrogen) atoms. The molecule has 3 heterocycles. The number of hydrogen-bond donors (Lipinski definition) is 0. The Bertz CT molecular complexity index is 1350. The Morgan fingerprint density at radius 2 is 1.69 bits per heavy atom. The van der Waals surface area contributed by atoms with Crippen molar-refractivity contribution < 1.29 is 19.1 Å².